The summed E-state index contributed by atoms with van der Waals surface area (Å²) in [5, 5.41) is 12.2. The predicted molar refractivity (Wildman–Crippen MR) is 70.4 cm³/mol. The first kappa shape index (κ1) is 11.7. The van der Waals surface area contributed by atoms with Crippen LogP contribution in [-0.2, 0) is 0 Å². The number of hydrogen-bond acceptors (Lipinski definition) is 1. The summed E-state index contributed by atoms with van der Waals surface area (Å²) in [5.41, 5.74) is 0. The van der Waals surface area contributed by atoms with Crippen LogP contribution in [0.3, 0.4) is 0 Å². The fourth-order valence-electron chi connectivity index (χ4n) is 1.60. The molecule has 16 heavy (non-hydrogen) atoms. The van der Waals surface area contributed by atoms with E-state index in [1.807, 2.05) is 6.92 Å². The first-order valence-electron chi connectivity index (χ1n) is 5.51. The van der Waals surface area contributed by atoms with Crippen LogP contribution in [0.2, 0.25) is 4.82 Å². The van der Waals surface area contributed by atoms with Gasteiger partial charge in [0, 0.05) is 0 Å². The molecular formula is C14H16OSe. The van der Waals surface area contributed by atoms with Crippen molar-refractivity contribution in [3.05, 3.63) is 42.5 Å². The average Bonchev–Trinajstić information content (AvgIpc) is 2.29. The van der Waals surface area contributed by atoms with Gasteiger partial charge >= 0.3 is 103 Å². The SMILES string of the molecule is C[C@H](O)[C@H](C)[Se]c1cccc2ccccc12. The maximum atomic E-state index is 9.57. The van der Waals surface area contributed by atoms with Gasteiger partial charge in [0.25, 0.3) is 0 Å². The maximum absolute atomic E-state index is 9.57. The van der Waals surface area contributed by atoms with E-state index in [1.54, 1.807) is 0 Å². The Bertz CT molecular complexity index is 474. The number of rotatable bonds is 3. The van der Waals surface area contributed by atoms with Crippen molar-refractivity contribution >= 4 is 30.2 Å². The van der Waals surface area contributed by atoms with Gasteiger partial charge in [-0.2, -0.15) is 0 Å². The van der Waals surface area contributed by atoms with Gasteiger partial charge in [-0.25, -0.2) is 0 Å². The van der Waals surface area contributed by atoms with Gasteiger partial charge < -0.3 is 0 Å². The van der Waals surface area contributed by atoms with E-state index < -0.39 is 0 Å². The first-order chi connectivity index (χ1) is 7.68. The molecule has 0 aromatic heterocycles. The molecule has 0 aliphatic rings. The Morgan fingerprint density at radius 3 is 2.44 bits per heavy atom. The molecule has 0 fully saturated rings. The summed E-state index contributed by atoms with van der Waals surface area (Å²) in [6, 6.07) is 14.9. The van der Waals surface area contributed by atoms with Crippen LogP contribution in [-0.4, -0.2) is 26.2 Å². The standard InChI is InChI=1S/C14H16OSe/c1-10(15)11(2)16-14-9-5-7-12-6-3-4-8-13(12)14/h3-11,15H,1-2H3/t10-,11-/m0/s1. The molecule has 0 amide bonds. The Labute approximate surface area is 103 Å². The minimum atomic E-state index is -0.223. The van der Waals surface area contributed by atoms with E-state index in [9.17, 15) is 5.11 Å². The molecule has 2 aromatic rings. The average molecular weight is 279 g/mol. The molecule has 0 heterocycles. The second-order valence-electron chi connectivity index (χ2n) is 4.04. The fourth-order valence-corrected chi connectivity index (χ4v) is 3.84. The van der Waals surface area contributed by atoms with Crippen molar-refractivity contribution in [1.29, 1.82) is 0 Å². The van der Waals surface area contributed by atoms with Gasteiger partial charge in [0.15, 0.2) is 0 Å². The van der Waals surface area contributed by atoms with Gasteiger partial charge in [0.05, 0.1) is 0 Å². The summed E-state index contributed by atoms with van der Waals surface area (Å²) in [6.45, 7) is 3.99. The fraction of sp³-hybridized carbons (Fsp3) is 0.286. The van der Waals surface area contributed by atoms with Crippen molar-refractivity contribution in [2.75, 3.05) is 0 Å². The van der Waals surface area contributed by atoms with Gasteiger partial charge in [-0.05, 0) is 0 Å². The van der Waals surface area contributed by atoms with E-state index in [1.165, 1.54) is 15.2 Å². The normalized spacial score (nSPS) is 14.9. The van der Waals surface area contributed by atoms with Crippen molar-refractivity contribution < 1.29 is 5.11 Å². The van der Waals surface area contributed by atoms with Crippen LogP contribution < -0.4 is 4.46 Å². The Morgan fingerprint density at radius 2 is 1.69 bits per heavy atom. The van der Waals surface area contributed by atoms with E-state index in [-0.39, 0.29) is 6.10 Å². The van der Waals surface area contributed by atoms with Gasteiger partial charge in [-0.1, -0.05) is 0 Å². The zero-order valence-corrected chi connectivity index (χ0v) is 11.3. The van der Waals surface area contributed by atoms with Gasteiger partial charge in [0.1, 0.15) is 0 Å². The van der Waals surface area contributed by atoms with Gasteiger partial charge in [-0.15, -0.1) is 0 Å². The number of aliphatic hydroxyl groups is 1. The Kier molecular flexibility index (Phi) is 3.65. The third kappa shape index (κ3) is 2.46. The molecule has 2 heteroatoms. The van der Waals surface area contributed by atoms with Crippen LogP contribution in [0.25, 0.3) is 10.8 Å². The number of benzene rings is 2. The molecule has 0 aliphatic heterocycles. The summed E-state index contributed by atoms with van der Waals surface area (Å²) >= 11 is 0.328. The number of aliphatic hydroxyl groups excluding tert-OH is 1. The van der Waals surface area contributed by atoms with E-state index in [0.29, 0.717) is 19.8 Å². The molecule has 0 saturated heterocycles. The third-order valence-corrected chi connectivity index (χ3v) is 5.63. The van der Waals surface area contributed by atoms with Crippen molar-refractivity contribution in [3.8, 4) is 0 Å². The molecule has 2 aromatic carbocycles. The molecule has 84 valence electrons. The van der Waals surface area contributed by atoms with Crippen LogP contribution in [0.15, 0.2) is 42.5 Å². The van der Waals surface area contributed by atoms with Gasteiger partial charge in [0.2, 0.25) is 0 Å². The summed E-state index contributed by atoms with van der Waals surface area (Å²) in [5.74, 6) is 0. The molecule has 0 bridgehead atoms. The van der Waals surface area contributed by atoms with Crippen LogP contribution in [0, 0.1) is 0 Å². The second kappa shape index (κ2) is 5.01. The van der Waals surface area contributed by atoms with Crippen molar-refractivity contribution in [1.82, 2.24) is 0 Å². The minimum absolute atomic E-state index is 0.223. The molecule has 0 saturated carbocycles. The van der Waals surface area contributed by atoms with E-state index in [0.717, 1.165) is 0 Å². The molecule has 0 spiro atoms. The summed E-state index contributed by atoms with van der Waals surface area (Å²) < 4.78 is 1.39. The van der Waals surface area contributed by atoms with Crippen molar-refractivity contribution in [2.24, 2.45) is 0 Å². The van der Waals surface area contributed by atoms with E-state index in [2.05, 4.69) is 49.4 Å². The number of fused-ring (bicyclic) bond motifs is 1. The van der Waals surface area contributed by atoms with Gasteiger partial charge in [-0.3, -0.25) is 0 Å². The summed E-state index contributed by atoms with van der Waals surface area (Å²) in [7, 11) is 0. The van der Waals surface area contributed by atoms with Crippen molar-refractivity contribution in [2.45, 2.75) is 24.8 Å². The quantitative estimate of drug-likeness (QED) is 0.855. The monoisotopic (exact) mass is 280 g/mol. The Balaban J connectivity index is 2.37. The summed E-state index contributed by atoms with van der Waals surface area (Å²) in [6.07, 6.45) is -0.223. The van der Waals surface area contributed by atoms with Crippen LogP contribution >= 0.6 is 0 Å². The van der Waals surface area contributed by atoms with Crippen LogP contribution in [0.1, 0.15) is 13.8 Å². The molecule has 1 nitrogen and oxygen atoms in total. The molecule has 0 unspecified atom stereocenters. The zero-order valence-electron chi connectivity index (χ0n) is 9.55. The molecular weight excluding hydrogens is 263 g/mol. The van der Waals surface area contributed by atoms with E-state index >= 15 is 0 Å². The Morgan fingerprint density at radius 1 is 1.00 bits per heavy atom. The topological polar surface area (TPSA) is 20.2 Å². The first-order valence-corrected chi connectivity index (χ1v) is 7.35. The van der Waals surface area contributed by atoms with Crippen molar-refractivity contribution in [3.63, 3.8) is 0 Å². The molecule has 0 aliphatic carbocycles. The molecule has 0 radical (unpaired) electrons. The predicted octanol–water partition coefficient (Wildman–Crippen LogP) is 2.36. The Hall–Kier alpha value is -0.821. The van der Waals surface area contributed by atoms with Crippen LogP contribution in [0.4, 0.5) is 0 Å². The van der Waals surface area contributed by atoms with E-state index in [4.69, 9.17) is 0 Å². The molecule has 2 rings (SSSR count). The zero-order chi connectivity index (χ0) is 11.5. The number of hydrogen-bond donors (Lipinski definition) is 1. The van der Waals surface area contributed by atoms with Crippen LogP contribution in [0.5, 0.6) is 0 Å². The molecule has 1 N–H and O–H groups in total. The third-order valence-electron chi connectivity index (χ3n) is 2.74. The summed E-state index contributed by atoms with van der Waals surface area (Å²) in [4.78, 5) is 0.360. The molecule has 2 atom stereocenters. The second-order valence-corrected chi connectivity index (χ2v) is 7.02.